The molecule has 9 heteroatoms. The van der Waals surface area contributed by atoms with Gasteiger partial charge >= 0.3 is 12.1 Å². The Balaban J connectivity index is 1.32. The Labute approximate surface area is 208 Å². The van der Waals surface area contributed by atoms with Crippen molar-refractivity contribution in [1.82, 2.24) is 10.6 Å². The second-order valence-corrected chi connectivity index (χ2v) is 9.76. The number of amides is 2. The summed E-state index contributed by atoms with van der Waals surface area (Å²) in [4.78, 5) is 36.5. The molecule has 1 aliphatic carbocycles. The summed E-state index contributed by atoms with van der Waals surface area (Å²) in [6.07, 6.45) is 1.73. The third-order valence-electron chi connectivity index (χ3n) is 6.50. The van der Waals surface area contributed by atoms with E-state index in [1.54, 1.807) is 11.8 Å². The summed E-state index contributed by atoms with van der Waals surface area (Å²) in [5.74, 6) is -1.16. The van der Waals surface area contributed by atoms with Gasteiger partial charge in [-0.25, -0.2) is 4.79 Å². The number of thioether (sulfide) groups is 1. The summed E-state index contributed by atoms with van der Waals surface area (Å²) in [7, 11) is 0. The largest absolute Gasteiger partial charge is 0.481 e. The molecule has 2 aromatic carbocycles. The number of benzene rings is 2. The smallest absolute Gasteiger partial charge is 0.407 e. The molecule has 2 aromatic rings. The maximum absolute atomic E-state index is 12.8. The summed E-state index contributed by atoms with van der Waals surface area (Å²) >= 11 is 1.58. The highest BCUT2D eigenvalue weighted by molar-refractivity contribution is 7.98. The Morgan fingerprint density at radius 3 is 2.37 bits per heavy atom. The lowest BCUT2D eigenvalue weighted by molar-refractivity contribution is -0.141. The average molecular weight is 499 g/mol. The highest BCUT2D eigenvalue weighted by Crippen LogP contribution is 2.44. The zero-order valence-electron chi connectivity index (χ0n) is 19.6. The molecule has 4 rings (SSSR count). The Hall–Kier alpha value is -3.04. The molecular weight excluding hydrogens is 468 g/mol. The number of carboxylic acid groups (broad SMARTS) is 1. The van der Waals surface area contributed by atoms with E-state index >= 15 is 0 Å². The van der Waals surface area contributed by atoms with Crippen LogP contribution in [0.5, 0.6) is 0 Å². The molecule has 0 aromatic heterocycles. The number of carbonyl (C=O) groups is 3. The van der Waals surface area contributed by atoms with Crippen LogP contribution in [0.4, 0.5) is 4.79 Å². The topological polar surface area (TPSA) is 114 Å². The van der Waals surface area contributed by atoms with Gasteiger partial charge in [-0.1, -0.05) is 48.5 Å². The first-order valence-electron chi connectivity index (χ1n) is 11.7. The minimum Gasteiger partial charge on any atom is -0.481 e. The van der Waals surface area contributed by atoms with Crippen molar-refractivity contribution in [1.29, 1.82) is 0 Å². The summed E-state index contributed by atoms with van der Waals surface area (Å²) in [6.45, 7) is 0.512. The van der Waals surface area contributed by atoms with Gasteiger partial charge in [0.25, 0.3) is 0 Å². The Bertz CT molecular complexity index is 1030. The lowest BCUT2D eigenvalue weighted by Gasteiger charge is -2.20. The van der Waals surface area contributed by atoms with Crippen molar-refractivity contribution in [2.75, 3.05) is 31.8 Å². The van der Waals surface area contributed by atoms with Crippen molar-refractivity contribution in [2.24, 2.45) is 5.92 Å². The molecular formula is C26H30N2O6S. The molecule has 1 fully saturated rings. The fourth-order valence-corrected chi connectivity index (χ4v) is 5.12. The van der Waals surface area contributed by atoms with Crippen LogP contribution < -0.4 is 10.6 Å². The quantitative estimate of drug-likeness (QED) is 0.461. The second kappa shape index (κ2) is 11.6. The molecule has 1 saturated heterocycles. The molecule has 1 unspecified atom stereocenters. The lowest BCUT2D eigenvalue weighted by Crippen LogP contribution is -2.48. The Morgan fingerprint density at radius 2 is 1.77 bits per heavy atom. The van der Waals surface area contributed by atoms with Gasteiger partial charge in [-0.3, -0.25) is 9.59 Å². The van der Waals surface area contributed by atoms with E-state index in [1.807, 2.05) is 30.5 Å². The fraction of sp³-hybridized carbons (Fsp3) is 0.423. The summed E-state index contributed by atoms with van der Waals surface area (Å²) < 4.78 is 11.1. The maximum atomic E-state index is 12.8. The van der Waals surface area contributed by atoms with Gasteiger partial charge < -0.3 is 25.2 Å². The predicted octanol–water partition coefficient (Wildman–Crippen LogP) is 3.25. The molecule has 3 atom stereocenters. The van der Waals surface area contributed by atoms with Gasteiger partial charge in [0.15, 0.2) is 0 Å². The third-order valence-corrected chi connectivity index (χ3v) is 7.14. The van der Waals surface area contributed by atoms with Crippen LogP contribution in [0.2, 0.25) is 0 Å². The first-order valence-corrected chi connectivity index (χ1v) is 13.1. The van der Waals surface area contributed by atoms with Crippen LogP contribution in [0.15, 0.2) is 48.5 Å². The zero-order chi connectivity index (χ0) is 24.8. The molecule has 0 saturated carbocycles. The van der Waals surface area contributed by atoms with Gasteiger partial charge in [0, 0.05) is 12.5 Å². The molecule has 1 aliphatic heterocycles. The lowest BCUT2D eigenvalue weighted by atomic mass is 9.98. The Kier molecular flexibility index (Phi) is 8.30. The molecule has 2 aliphatic rings. The summed E-state index contributed by atoms with van der Waals surface area (Å²) in [6, 6.07) is 15.5. The van der Waals surface area contributed by atoms with E-state index in [2.05, 4.69) is 34.9 Å². The highest BCUT2D eigenvalue weighted by Gasteiger charge is 2.32. The highest BCUT2D eigenvalue weighted by atomic mass is 32.2. The first kappa shape index (κ1) is 25.1. The number of hydrogen-bond donors (Lipinski definition) is 3. The summed E-state index contributed by atoms with van der Waals surface area (Å²) in [5, 5.41) is 14.6. The van der Waals surface area contributed by atoms with Crippen molar-refractivity contribution >= 4 is 29.7 Å². The van der Waals surface area contributed by atoms with E-state index < -0.39 is 24.0 Å². The van der Waals surface area contributed by atoms with Crippen LogP contribution in [0.1, 0.15) is 29.9 Å². The number of aliphatic carboxylic acids is 1. The van der Waals surface area contributed by atoms with Crippen molar-refractivity contribution in [2.45, 2.75) is 30.9 Å². The van der Waals surface area contributed by atoms with Crippen LogP contribution in [0.3, 0.4) is 0 Å². The average Bonchev–Trinajstić information content (AvgIpc) is 3.47. The van der Waals surface area contributed by atoms with Crippen LogP contribution >= 0.6 is 11.8 Å². The number of alkyl carbamates (subject to hydrolysis) is 1. The van der Waals surface area contributed by atoms with Crippen LogP contribution in [-0.2, 0) is 19.1 Å². The van der Waals surface area contributed by atoms with Crippen molar-refractivity contribution in [3.05, 3.63) is 59.7 Å². The monoisotopic (exact) mass is 498 g/mol. The number of carbonyl (C=O) groups excluding carboxylic acids is 2. The molecule has 0 bridgehead atoms. The number of rotatable bonds is 10. The van der Waals surface area contributed by atoms with Gasteiger partial charge in [-0.05, 0) is 47.1 Å². The van der Waals surface area contributed by atoms with Crippen LogP contribution in [0, 0.1) is 5.92 Å². The van der Waals surface area contributed by atoms with E-state index in [0.29, 0.717) is 18.6 Å². The van der Waals surface area contributed by atoms with Crippen molar-refractivity contribution in [3.8, 4) is 11.1 Å². The van der Waals surface area contributed by atoms with E-state index in [4.69, 9.17) is 14.6 Å². The van der Waals surface area contributed by atoms with Gasteiger partial charge in [0.2, 0.25) is 5.91 Å². The number of hydrogen-bond acceptors (Lipinski definition) is 6. The van der Waals surface area contributed by atoms with Gasteiger partial charge in [-0.2, -0.15) is 11.8 Å². The Morgan fingerprint density at radius 1 is 1.11 bits per heavy atom. The predicted molar refractivity (Wildman–Crippen MR) is 133 cm³/mol. The van der Waals surface area contributed by atoms with E-state index in [-0.39, 0.29) is 37.7 Å². The number of fused-ring (bicyclic) bond motifs is 3. The van der Waals surface area contributed by atoms with E-state index in [9.17, 15) is 14.4 Å². The minimum atomic E-state index is -0.895. The van der Waals surface area contributed by atoms with E-state index in [0.717, 1.165) is 22.3 Å². The number of nitrogens with one attached hydrogen (secondary N) is 2. The third kappa shape index (κ3) is 5.97. The SMILES string of the molecule is CSCCC(NC(=O)OCC1c2ccccc2-c2ccccc21)C(=O)NC[C@@H]1C[C@H](C(=O)O)CO1. The molecule has 0 spiro atoms. The molecule has 186 valence electrons. The van der Waals surface area contributed by atoms with Gasteiger partial charge in [-0.15, -0.1) is 0 Å². The van der Waals surface area contributed by atoms with Crippen LogP contribution in [0.25, 0.3) is 11.1 Å². The van der Waals surface area contributed by atoms with Gasteiger partial charge in [0.1, 0.15) is 12.6 Å². The minimum absolute atomic E-state index is 0.0617. The molecule has 2 amide bonds. The van der Waals surface area contributed by atoms with Crippen LogP contribution in [-0.4, -0.2) is 67.0 Å². The fourth-order valence-electron chi connectivity index (χ4n) is 4.64. The second-order valence-electron chi connectivity index (χ2n) is 8.78. The number of carboxylic acids is 1. The maximum Gasteiger partial charge on any atom is 0.407 e. The van der Waals surface area contributed by atoms with Gasteiger partial charge in [0.05, 0.1) is 18.6 Å². The molecule has 0 radical (unpaired) electrons. The first-order chi connectivity index (χ1) is 17.0. The normalized spacial score (nSPS) is 19.5. The standard InChI is InChI=1S/C26H30N2O6S/c1-35-11-10-23(24(29)27-13-17-12-16(14-33-17)25(30)31)28-26(32)34-15-22-20-8-4-2-6-18(20)19-7-3-5-9-21(19)22/h2-9,16-17,22-23H,10-15H2,1H3,(H,27,29)(H,28,32)(H,30,31)/t16-,17-,23?/m0/s1. The van der Waals surface area contributed by atoms with E-state index in [1.165, 1.54) is 0 Å². The molecule has 8 nitrogen and oxygen atoms in total. The zero-order valence-corrected chi connectivity index (χ0v) is 20.4. The molecule has 1 heterocycles. The molecule has 35 heavy (non-hydrogen) atoms. The van der Waals surface area contributed by atoms with Crippen molar-refractivity contribution < 1.29 is 29.0 Å². The number of ether oxygens (including phenoxy) is 2. The van der Waals surface area contributed by atoms with Crippen molar-refractivity contribution in [3.63, 3.8) is 0 Å². The molecule has 3 N–H and O–H groups in total. The summed E-state index contributed by atoms with van der Waals surface area (Å²) in [5.41, 5.74) is 4.53.